The van der Waals surface area contributed by atoms with E-state index in [0.717, 1.165) is 44.2 Å². The molecule has 1 aromatic heterocycles. The first-order valence-electron chi connectivity index (χ1n) is 7.19. The number of pyridine rings is 1. The van der Waals surface area contributed by atoms with E-state index in [2.05, 4.69) is 60.1 Å². The van der Waals surface area contributed by atoms with Crippen LogP contribution in [-0.2, 0) is 6.54 Å². The van der Waals surface area contributed by atoms with Gasteiger partial charge in [0.2, 0.25) is 0 Å². The van der Waals surface area contributed by atoms with Crippen molar-refractivity contribution >= 4 is 5.82 Å². The van der Waals surface area contributed by atoms with Crippen LogP contribution in [0.15, 0.2) is 12.1 Å². The number of aromatic nitrogens is 1. The molecule has 0 bridgehead atoms. The smallest absolute Gasteiger partial charge is 0.129 e. The topological polar surface area (TPSA) is 31.4 Å². The molecule has 0 spiro atoms. The fraction of sp³-hybridized carbons (Fsp3) is 0.667. The molecule has 0 aromatic carbocycles. The fourth-order valence-corrected chi connectivity index (χ4v) is 2.34. The Kier molecular flexibility index (Phi) is 4.77. The lowest BCUT2D eigenvalue weighted by Gasteiger charge is -2.33. The maximum atomic E-state index is 4.69. The van der Waals surface area contributed by atoms with Crippen LogP contribution in [0.5, 0.6) is 0 Å². The van der Waals surface area contributed by atoms with Crippen molar-refractivity contribution in [2.24, 2.45) is 0 Å². The van der Waals surface area contributed by atoms with E-state index < -0.39 is 0 Å². The summed E-state index contributed by atoms with van der Waals surface area (Å²) in [5, 5.41) is 3.47. The van der Waals surface area contributed by atoms with Crippen LogP contribution in [0.1, 0.15) is 25.1 Å². The summed E-state index contributed by atoms with van der Waals surface area (Å²) in [7, 11) is 2.18. The predicted molar refractivity (Wildman–Crippen MR) is 80.7 cm³/mol. The van der Waals surface area contributed by atoms with Gasteiger partial charge >= 0.3 is 0 Å². The third-order valence-corrected chi connectivity index (χ3v) is 3.54. The molecule has 1 aromatic rings. The van der Waals surface area contributed by atoms with Gasteiger partial charge in [-0.05, 0) is 31.7 Å². The molecular weight excluding hydrogens is 236 g/mol. The van der Waals surface area contributed by atoms with Crippen molar-refractivity contribution in [3.8, 4) is 0 Å². The first-order valence-corrected chi connectivity index (χ1v) is 7.19. The van der Waals surface area contributed by atoms with Crippen molar-refractivity contribution in [1.29, 1.82) is 0 Å². The molecule has 19 heavy (non-hydrogen) atoms. The maximum absolute atomic E-state index is 4.69. The average Bonchev–Trinajstić information content (AvgIpc) is 2.36. The molecule has 2 heterocycles. The van der Waals surface area contributed by atoms with E-state index in [1.807, 2.05) is 0 Å². The molecule has 4 nitrogen and oxygen atoms in total. The van der Waals surface area contributed by atoms with E-state index in [4.69, 9.17) is 0 Å². The van der Waals surface area contributed by atoms with Gasteiger partial charge < -0.3 is 15.1 Å². The third kappa shape index (κ3) is 4.18. The summed E-state index contributed by atoms with van der Waals surface area (Å²) in [6.07, 6.45) is 0. The number of hydrogen-bond donors (Lipinski definition) is 1. The largest absolute Gasteiger partial charge is 0.354 e. The number of likely N-dealkylation sites (N-methyl/N-ethyl adjacent to an activating group) is 1. The second-order valence-corrected chi connectivity index (χ2v) is 5.80. The molecule has 0 radical (unpaired) electrons. The lowest BCUT2D eigenvalue weighted by Crippen LogP contribution is -2.44. The van der Waals surface area contributed by atoms with Crippen LogP contribution >= 0.6 is 0 Å². The second-order valence-electron chi connectivity index (χ2n) is 5.80. The van der Waals surface area contributed by atoms with E-state index in [0.29, 0.717) is 6.04 Å². The van der Waals surface area contributed by atoms with Crippen LogP contribution in [0, 0.1) is 6.92 Å². The van der Waals surface area contributed by atoms with Gasteiger partial charge in [-0.3, -0.25) is 0 Å². The van der Waals surface area contributed by atoms with E-state index in [1.165, 1.54) is 5.56 Å². The molecular formula is C15H26N4. The van der Waals surface area contributed by atoms with Crippen LogP contribution < -0.4 is 10.2 Å². The summed E-state index contributed by atoms with van der Waals surface area (Å²) in [5.74, 6) is 1.13. The van der Waals surface area contributed by atoms with Gasteiger partial charge in [0, 0.05) is 44.5 Å². The Balaban J connectivity index is 2.07. The molecule has 0 unspecified atom stereocenters. The summed E-state index contributed by atoms with van der Waals surface area (Å²) in [5.41, 5.74) is 2.44. The van der Waals surface area contributed by atoms with Crippen LogP contribution in [0.25, 0.3) is 0 Å². The minimum atomic E-state index is 0.514. The summed E-state index contributed by atoms with van der Waals surface area (Å²) >= 11 is 0. The molecule has 1 aliphatic rings. The third-order valence-electron chi connectivity index (χ3n) is 3.54. The Morgan fingerprint density at radius 1 is 1.21 bits per heavy atom. The molecule has 4 heteroatoms. The Bertz CT molecular complexity index is 409. The number of hydrogen-bond acceptors (Lipinski definition) is 4. The van der Waals surface area contributed by atoms with Gasteiger partial charge in [-0.25, -0.2) is 4.98 Å². The Labute approximate surface area is 116 Å². The summed E-state index contributed by atoms with van der Waals surface area (Å²) in [4.78, 5) is 9.45. The molecule has 0 saturated carbocycles. The number of nitrogens with zero attached hydrogens (tertiary/aromatic N) is 3. The molecule has 0 atom stereocenters. The lowest BCUT2D eigenvalue weighted by atomic mass is 10.2. The van der Waals surface area contributed by atoms with Gasteiger partial charge in [0.1, 0.15) is 5.82 Å². The number of anilines is 1. The van der Waals surface area contributed by atoms with E-state index in [1.54, 1.807) is 0 Å². The van der Waals surface area contributed by atoms with Crippen LogP contribution in [0.3, 0.4) is 0 Å². The lowest BCUT2D eigenvalue weighted by molar-refractivity contribution is 0.312. The summed E-state index contributed by atoms with van der Waals surface area (Å²) in [6.45, 7) is 11.7. The van der Waals surface area contributed by atoms with Crippen molar-refractivity contribution < 1.29 is 0 Å². The van der Waals surface area contributed by atoms with Gasteiger partial charge in [0.15, 0.2) is 0 Å². The van der Waals surface area contributed by atoms with Gasteiger partial charge in [0.05, 0.1) is 0 Å². The van der Waals surface area contributed by atoms with Crippen molar-refractivity contribution in [2.75, 3.05) is 38.1 Å². The van der Waals surface area contributed by atoms with Crippen LogP contribution in [0.4, 0.5) is 5.82 Å². The summed E-state index contributed by atoms with van der Waals surface area (Å²) in [6, 6.07) is 4.92. The minimum absolute atomic E-state index is 0.514. The molecule has 0 aliphatic carbocycles. The zero-order valence-corrected chi connectivity index (χ0v) is 12.6. The first kappa shape index (κ1) is 14.3. The average molecular weight is 262 g/mol. The van der Waals surface area contributed by atoms with Crippen molar-refractivity contribution in [1.82, 2.24) is 15.2 Å². The molecule has 2 rings (SSSR count). The molecule has 1 aliphatic heterocycles. The Morgan fingerprint density at radius 2 is 1.89 bits per heavy atom. The van der Waals surface area contributed by atoms with Crippen molar-refractivity contribution in [3.05, 3.63) is 23.4 Å². The van der Waals surface area contributed by atoms with E-state index in [9.17, 15) is 0 Å². The number of nitrogens with one attached hydrogen (secondary N) is 1. The standard InChI is InChI=1S/C15H26N4/c1-12(2)16-11-14-9-13(3)17-15(10-14)19-7-5-18(4)6-8-19/h9-10,12,16H,5-8,11H2,1-4H3. The maximum Gasteiger partial charge on any atom is 0.129 e. The highest BCUT2D eigenvalue weighted by Crippen LogP contribution is 2.16. The quantitative estimate of drug-likeness (QED) is 0.894. The van der Waals surface area contributed by atoms with Gasteiger partial charge in [-0.2, -0.15) is 0 Å². The second kappa shape index (κ2) is 6.35. The SMILES string of the molecule is Cc1cc(CNC(C)C)cc(N2CCN(C)CC2)n1. The Hall–Kier alpha value is -1.13. The van der Waals surface area contributed by atoms with Crippen LogP contribution in [-0.4, -0.2) is 49.2 Å². The zero-order valence-electron chi connectivity index (χ0n) is 12.6. The van der Waals surface area contributed by atoms with Crippen molar-refractivity contribution in [2.45, 2.75) is 33.4 Å². The molecule has 1 N–H and O–H groups in total. The van der Waals surface area contributed by atoms with Gasteiger partial charge in [-0.1, -0.05) is 13.8 Å². The molecule has 1 fully saturated rings. The summed E-state index contributed by atoms with van der Waals surface area (Å²) < 4.78 is 0. The minimum Gasteiger partial charge on any atom is -0.354 e. The zero-order chi connectivity index (χ0) is 13.8. The molecule has 1 saturated heterocycles. The molecule has 106 valence electrons. The highest BCUT2D eigenvalue weighted by molar-refractivity contribution is 5.43. The van der Waals surface area contributed by atoms with Gasteiger partial charge in [0.25, 0.3) is 0 Å². The molecule has 0 amide bonds. The highest BCUT2D eigenvalue weighted by Gasteiger charge is 2.15. The fourth-order valence-electron chi connectivity index (χ4n) is 2.34. The first-order chi connectivity index (χ1) is 9.04. The normalized spacial score (nSPS) is 17.2. The Morgan fingerprint density at radius 3 is 2.53 bits per heavy atom. The number of piperazine rings is 1. The van der Waals surface area contributed by atoms with E-state index in [-0.39, 0.29) is 0 Å². The van der Waals surface area contributed by atoms with Gasteiger partial charge in [-0.15, -0.1) is 0 Å². The predicted octanol–water partition coefficient (Wildman–Crippen LogP) is 1.64. The highest BCUT2D eigenvalue weighted by atomic mass is 15.3. The van der Waals surface area contributed by atoms with Crippen LogP contribution in [0.2, 0.25) is 0 Å². The van der Waals surface area contributed by atoms with E-state index >= 15 is 0 Å². The number of rotatable bonds is 4. The monoisotopic (exact) mass is 262 g/mol. The number of aryl methyl sites for hydroxylation is 1. The van der Waals surface area contributed by atoms with Crippen molar-refractivity contribution in [3.63, 3.8) is 0 Å².